The SMILES string of the molecule is CC(C)(C)NC(=O)[C@H]1CCCCN1S(=O)(=O)c1ccc(C(F)(F)F)cc1. The average Bonchev–Trinajstić information content (AvgIpc) is 2.52. The molecule has 0 aliphatic carbocycles. The number of halogens is 3. The van der Waals surface area contributed by atoms with E-state index in [4.69, 9.17) is 0 Å². The first-order valence-corrected chi connectivity index (χ1v) is 9.77. The van der Waals surface area contributed by atoms with Gasteiger partial charge >= 0.3 is 6.18 Å². The summed E-state index contributed by atoms with van der Waals surface area (Å²) in [6, 6.07) is 2.48. The molecule has 1 fully saturated rings. The largest absolute Gasteiger partial charge is 0.416 e. The third-order valence-electron chi connectivity index (χ3n) is 4.04. The highest BCUT2D eigenvalue weighted by atomic mass is 32.2. The van der Waals surface area contributed by atoms with Gasteiger partial charge in [0.2, 0.25) is 15.9 Å². The van der Waals surface area contributed by atoms with E-state index in [-0.39, 0.29) is 11.4 Å². The van der Waals surface area contributed by atoms with Crippen LogP contribution in [-0.4, -0.2) is 36.8 Å². The summed E-state index contributed by atoms with van der Waals surface area (Å²) in [7, 11) is -4.07. The number of hydrogen-bond acceptors (Lipinski definition) is 3. The van der Waals surface area contributed by atoms with Gasteiger partial charge in [-0.05, 0) is 57.9 Å². The minimum Gasteiger partial charge on any atom is -0.350 e. The summed E-state index contributed by atoms with van der Waals surface area (Å²) in [5, 5.41) is 2.78. The van der Waals surface area contributed by atoms with E-state index in [0.29, 0.717) is 19.3 Å². The van der Waals surface area contributed by atoms with Crippen LogP contribution in [0.2, 0.25) is 0 Å². The number of benzene rings is 1. The van der Waals surface area contributed by atoms with Crippen molar-refractivity contribution < 1.29 is 26.4 Å². The Morgan fingerprint density at radius 2 is 1.69 bits per heavy atom. The Balaban J connectivity index is 2.31. The molecule has 0 aromatic heterocycles. The van der Waals surface area contributed by atoms with Crippen LogP contribution in [0.5, 0.6) is 0 Å². The van der Waals surface area contributed by atoms with Gasteiger partial charge in [-0.2, -0.15) is 17.5 Å². The van der Waals surface area contributed by atoms with Crippen LogP contribution >= 0.6 is 0 Å². The topological polar surface area (TPSA) is 66.5 Å². The lowest BCUT2D eigenvalue weighted by atomic mass is 10.0. The molecule has 0 saturated carbocycles. The van der Waals surface area contributed by atoms with Crippen molar-refractivity contribution in [2.24, 2.45) is 0 Å². The maximum Gasteiger partial charge on any atom is 0.416 e. The quantitative estimate of drug-likeness (QED) is 0.859. The van der Waals surface area contributed by atoms with Crippen LogP contribution in [0.4, 0.5) is 13.2 Å². The van der Waals surface area contributed by atoms with Crippen LogP contribution in [0, 0.1) is 0 Å². The summed E-state index contributed by atoms with van der Waals surface area (Å²) in [6.45, 7) is 5.54. The van der Waals surface area contributed by atoms with Crippen molar-refractivity contribution in [1.82, 2.24) is 9.62 Å². The van der Waals surface area contributed by atoms with E-state index in [0.717, 1.165) is 28.6 Å². The number of carbonyl (C=O) groups excluding carboxylic acids is 1. The third kappa shape index (κ3) is 4.76. The summed E-state index contributed by atoms with van der Waals surface area (Å²) in [6.07, 6.45) is -2.86. The number of sulfonamides is 1. The molecule has 1 aromatic carbocycles. The molecule has 1 aliphatic rings. The number of nitrogens with zero attached hydrogens (tertiary/aromatic N) is 1. The molecule has 0 bridgehead atoms. The van der Waals surface area contributed by atoms with Crippen LogP contribution in [0.1, 0.15) is 45.6 Å². The van der Waals surface area contributed by atoms with Gasteiger partial charge in [0.05, 0.1) is 10.5 Å². The fraction of sp³-hybridized carbons (Fsp3) is 0.588. The van der Waals surface area contributed by atoms with Crippen molar-refractivity contribution in [2.45, 2.75) is 62.7 Å². The van der Waals surface area contributed by atoms with Gasteiger partial charge in [0, 0.05) is 12.1 Å². The van der Waals surface area contributed by atoms with E-state index in [2.05, 4.69) is 5.32 Å². The summed E-state index contributed by atoms with van der Waals surface area (Å²) >= 11 is 0. The molecule has 0 unspecified atom stereocenters. The molecule has 9 heteroatoms. The molecular weight excluding hydrogens is 369 g/mol. The van der Waals surface area contributed by atoms with E-state index < -0.39 is 39.3 Å². The Labute approximate surface area is 151 Å². The molecule has 1 amide bonds. The lowest BCUT2D eigenvalue weighted by Gasteiger charge is -2.35. The summed E-state index contributed by atoms with van der Waals surface area (Å²) in [4.78, 5) is 12.3. The maximum absolute atomic E-state index is 12.9. The number of piperidine rings is 1. The molecule has 146 valence electrons. The van der Waals surface area contributed by atoms with E-state index in [1.54, 1.807) is 20.8 Å². The van der Waals surface area contributed by atoms with E-state index in [9.17, 15) is 26.4 Å². The zero-order valence-electron chi connectivity index (χ0n) is 14.9. The van der Waals surface area contributed by atoms with Gasteiger partial charge < -0.3 is 5.32 Å². The van der Waals surface area contributed by atoms with E-state index in [1.165, 1.54) is 0 Å². The van der Waals surface area contributed by atoms with Crippen molar-refractivity contribution in [3.63, 3.8) is 0 Å². The van der Waals surface area contributed by atoms with Crippen LogP contribution < -0.4 is 5.32 Å². The minimum atomic E-state index is -4.54. The predicted octanol–water partition coefficient (Wildman–Crippen LogP) is 3.16. The second-order valence-corrected chi connectivity index (χ2v) is 9.28. The second kappa shape index (κ2) is 7.19. The Morgan fingerprint density at radius 3 is 2.19 bits per heavy atom. The number of alkyl halides is 3. The Morgan fingerprint density at radius 1 is 1.12 bits per heavy atom. The molecule has 0 radical (unpaired) electrons. The standard InChI is InChI=1S/C17H23F3N2O3S/c1-16(2,3)21-15(23)14-6-4-5-11-22(14)26(24,25)13-9-7-12(8-10-13)17(18,19)20/h7-10,14H,4-6,11H2,1-3H3,(H,21,23)/t14-/m1/s1. The fourth-order valence-corrected chi connectivity index (χ4v) is 4.52. The number of rotatable bonds is 3. The highest BCUT2D eigenvalue weighted by Crippen LogP contribution is 2.31. The molecule has 5 nitrogen and oxygen atoms in total. The van der Waals surface area contributed by atoms with Crippen molar-refractivity contribution in [3.8, 4) is 0 Å². The molecule has 1 aromatic rings. The number of nitrogens with one attached hydrogen (secondary N) is 1. The van der Waals surface area contributed by atoms with Crippen LogP contribution in [0.25, 0.3) is 0 Å². The van der Waals surface area contributed by atoms with Gasteiger partial charge in [-0.1, -0.05) is 6.42 Å². The van der Waals surface area contributed by atoms with Crippen molar-refractivity contribution in [2.75, 3.05) is 6.54 Å². The Bertz CT molecular complexity index is 753. The van der Waals surface area contributed by atoms with Crippen molar-refractivity contribution in [1.29, 1.82) is 0 Å². The number of carbonyl (C=O) groups is 1. The predicted molar refractivity (Wildman–Crippen MR) is 90.9 cm³/mol. The van der Waals surface area contributed by atoms with Crippen molar-refractivity contribution in [3.05, 3.63) is 29.8 Å². The van der Waals surface area contributed by atoms with Crippen LogP contribution in [0.3, 0.4) is 0 Å². The highest BCUT2D eigenvalue weighted by molar-refractivity contribution is 7.89. The monoisotopic (exact) mass is 392 g/mol. The molecule has 1 saturated heterocycles. The lowest BCUT2D eigenvalue weighted by Crippen LogP contribution is -2.55. The van der Waals surface area contributed by atoms with Crippen LogP contribution in [0.15, 0.2) is 29.2 Å². The van der Waals surface area contributed by atoms with E-state index >= 15 is 0 Å². The summed E-state index contributed by atoms with van der Waals surface area (Å²) in [5.74, 6) is -0.396. The average molecular weight is 392 g/mol. The molecular formula is C17H23F3N2O3S. The zero-order valence-corrected chi connectivity index (χ0v) is 15.7. The Kier molecular flexibility index (Phi) is 5.72. The van der Waals surface area contributed by atoms with Gasteiger partial charge in [0.1, 0.15) is 6.04 Å². The molecule has 1 heterocycles. The van der Waals surface area contributed by atoms with Gasteiger partial charge in [-0.15, -0.1) is 0 Å². The highest BCUT2D eigenvalue weighted by Gasteiger charge is 2.39. The molecule has 1 N–H and O–H groups in total. The molecule has 26 heavy (non-hydrogen) atoms. The van der Waals surface area contributed by atoms with Crippen LogP contribution in [-0.2, 0) is 21.0 Å². The second-order valence-electron chi connectivity index (χ2n) is 7.39. The third-order valence-corrected chi connectivity index (χ3v) is 5.97. The fourth-order valence-electron chi connectivity index (χ4n) is 2.86. The first kappa shape index (κ1) is 20.7. The number of hydrogen-bond donors (Lipinski definition) is 1. The first-order valence-electron chi connectivity index (χ1n) is 8.33. The molecule has 1 atom stereocenters. The summed E-state index contributed by atoms with van der Waals surface area (Å²) in [5.41, 5.74) is -1.43. The van der Waals surface area contributed by atoms with E-state index in [1.807, 2.05) is 0 Å². The molecule has 2 rings (SSSR count). The smallest absolute Gasteiger partial charge is 0.350 e. The van der Waals surface area contributed by atoms with Gasteiger partial charge in [0.25, 0.3) is 0 Å². The van der Waals surface area contributed by atoms with Gasteiger partial charge in [0.15, 0.2) is 0 Å². The molecule has 0 spiro atoms. The first-order chi connectivity index (χ1) is 11.8. The summed E-state index contributed by atoms with van der Waals surface area (Å²) < 4.78 is 64.9. The Hall–Kier alpha value is -1.61. The zero-order chi connectivity index (χ0) is 19.8. The lowest BCUT2D eigenvalue weighted by molar-refractivity contribution is -0.137. The van der Waals surface area contributed by atoms with Crippen molar-refractivity contribution >= 4 is 15.9 Å². The normalized spacial score (nSPS) is 20.0. The van der Waals surface area contributed by atoms with Gasteiger partial charge in [-0.3, -0.25) is 4.79 Å². The maximum atomic E-state index is 12.9. The van der Waals surface area contributed by atoms with Gasteiger partial charge in [-0.25, -0.2) is 8.42 Å². The molecule has 1 aliphatic heterocycles. The minimum absolute atomic E-state index is 0.158. The number of amides is 1.